The van der Waals surface area contributed by atoms with Crippen molar-refractivity contribution in [2.75, 3.05) is 13.1 Å². The van der Waals surface area contributed by atoms with E-state index in [1.54, 1.807) is 0 Å². The van der Waals surface area contributed by atoms with Gasteiger partial charge in [0.15, 0.2) is 0 Å². The fourth-order valence-electron chi connectivity index (χ4n) is 3.05. The van der Waals surface area contributed by atoms with Crippen LogP contribution in [0.15, 0.2) is 36.9 Å². The van der Waals surface area contributed by atoms with E-state index in [-0.39, 0.29) is 0 Å². The summed E-state index contributed by atoms with van der Waals surface area (Å²) in [6.45, 7) is 3.31. The first-order valence-corrected chi connectivity index (χ1v) is 11.5. The Bertz CT molecular complexity index is 790. The Morgan fingerprint density at radius 1 is 1.36 bits per heavy atom. The van der Waals surface area contributed by atoms with Crippen LogP contribution in [0.3, 0.4) is 0 Å². The molecule has 114 valence electrons. The predicted molar refractivity (Wildman–Crippen MR) is 99.7 cm³/mol. The van der Waals surface area contributed by atoms with E-state index in [0.717, 1.165) is 42.3 Å². The summed E-state index contributed by atoms with van der Waals surface area (Å²) in [4.78, 5) is 4.70. The molecule has 3 aromatic rings. The summed E-state index contributed by atoms with van der Waals surface area (Å²) in [5, 5.41) is 8.98. The Kier molecular flexibility index (Phi) is 4.15. The fourth-order valence-corrected chi connectivity index (χ4v) is 4.13. The number of halogens is 1. The molecule has 0 bridgehead atoms. The maximum absolute atomic E-state index is 4.70. The van der Waals surface area contributed by atoms with Gasteiger partial charge in [-0.05, 0) is 59.6 Å². The molecular weight excluding hydrogens is 408 g/mol. The molecule has 2 unspecified atom stereocenters. The van der Waals surface area contributed by atoms with Crippen LogP contribution in [0.5, 0.6) is 0 Å². The average Bonchev–Trinajstić information content (AvgIpc) is 3.28. The number of nitrogens with one attached hydrogen (secondary N) is 1. The maximum atomic E-state index is 4.70. The summed E-state index contributed by atoms with van der Waals surface area (Å²) in [6.07, 6.45) is 10.0. The molecule has 4 rings (SSSR count). The van der Waals surface area contributed by atoms with Crippen LogP contribution in [0, 0.1) is 5.92 Å². The highest BCUT2D eigenvalue weighted by molar-refractivity contribution is 14.2. The lowest BCUT2D eigenvalue weighted by atomic mass is 10.1. The molecule has 0 radical (unpaired) electrons. The molecule has 7 heteroatoms. The van der Waals surface area contributed by atoms with Crippen molar-refractivity contribution in [1.82, 2.24) is 24.4 Å². The molecule has 1 fully saturated rings. The smallest absolute Gasteiger partial charge is 0.139 e. The minimum Gasteiger partial charge on any atom is -0.332 e. The molecule has 4 heterocycles. The van der Waals surface area contributed by atoms with Crippen LogP contribution >= 0.6 is 28.4 Å². The molecule has 5 nitrogen and oxygen atoms in total. The van der Waals surface area contributed by atoms with Gasteiger partial charge in [0.2, 0.25) is 0 Å². The quantitative estimate of drug-likeness (QED) is 0.516. The van der Waals surface area contributed by atoms with Crippen molar-refractivity contribution in [1.29, 1.82) is 0 Å². The van der Waals surface area contributed by atoms with Gasteiger partial charge in [0.1, 0.15) is 5.65 Å². The number of nitrogens with zero attached hydrogens (tertiary/aromatic N) is 4. The monoisotopic (exact) mass is 425 g/mol. The molecule has 1 aliphatic heterocycles. The average molecular weight is 425 g/mol. The summed E-state index contributed by atoms with van der Waals surface area (Å²) in [5.41, 5.74) is 3.35. The van der Waals surface area contributed by atoms with E-state index < -0.39 is 0 Å². The molecule has 0 spiro atoms. The van der Waals surface area contributed by atoms with Gasteiger partial charge in [-0.25, -0.2) is 9.44 Å². The molecule has 0 aliphatic carbocycles. The van der Waals surface area contributed by atoms with Crippen molar-refractivity contribution in [3.05, 3.63) is 36.9 Å². The Balaban J connectivity index is 1.64. The van der Waals surface area contributed by atoms with Gasteiger partial charge in [-0.3, -0.25) is 0 Å². The lowest BCUT2D eigenvalue weighted by Crippen LogP contribution is -2.14. The second-order valence-corrected chi connectivity index (χ2v) is 7.80. The normalized spacial score (nSPS) is 18.9. The maximum Gasteiger partial charge on any atom is 0.139 e. The van der Waals surface area contributed by atoms with E-state index >= 15 is 0 Å². The lowest BCUT2D eigenvalue weighted by molar-refractivity contribution is 0.489. The standard InChI is InChI=1S/C15H17IN5P/c16-22-21-10-14(8-19-21)13-5-12-2-4-20(15(12)18-7-13)9-11-1-3-17-6-11/h2,4-5,7-8,10-11,17,22H,1,3,6,9H2. The van der Waals surface area contributed by atoms with Crippen LogP contribution in [0.4, 0.5) is 0 Å². The van der Waals surface area contributed by atoms with Crippen molar-refractivity contribution < 1.29 is 0 Å². The van der Waals surface area contributed by atoms with Crippen molar-refractivity contribution >= 4 is 39.4 Å². The van der Waals surface area contributed by atoms with Crippen molar-refractivity contribution in [3.63, 3.8) is 0 Å². The van der Waals surface area contributed by atoms with Crippen LogP contribution < -0.4 is 5.32 Å². The van der Waals surface area contributed by atoms with Crippen molar-refractivity contribution in [3.8, 4) is 11.1 Å². The summed E-state index contributed by atoms with van der Waals surface area (Å²) in [7, 11) is 0. The zero-order chi connectivity index (χ0) is 14.9. The molecule has 0 saturated carbocycles. The van der Waals surface area contributed by atoms with E-state index in [1.807, 2.05) is 16.8 Å². The lowest BCUT2D eigenvalue weighted by Gasteiger charge is -2.10. The summed E-state index contributed by atoms with van der Waals surface area (Å²) < 4.78 is 4.24. The molecule has 0 aromatic carbocycles. The van der Waals surface area contributed by atoms with Gasteiger partial charge in [0, 0.05) is 41.6 Å². The third-order valence-electron chi connectivity index (χ3n) is 4.22. The van der Waals surface area contributed by atoms with Crippen LogP contribution in [-0.2, 0) is 6.54 Å². The molecule has 0 amide bonds. The van der Waals surface area contributed by atoms with E-state index in [0.29, 0.717) is 6.37 Å². The Hall–Kier alpha value is -0.980. The Morgan fingerprint density at radius 3 is 3.09 bits per heavy atom. The SMILES string of the molecule is IPn1cc(-c2cnc3c(ccn3CC3CCNC3)c2)cn1. The van der Waals surface area contributed by atoms with E-state index in [9.17, 15) is 0 Å². The van der Waals surface area contributed by atoms with Crippen LogP contribution in [0.1, 0.15) is 6.42 Å². The third kappa shape index (κ3) is 2.79. The molecule has 1 saturated heterocycles. The van der Waals surface area contributed by atoms with Crippen LogP contribution in [0.25, 0.3) is 22.2 Å². The van der Waals surface area contributed by atoms with E-state index in [2.05, 4.69) is 61.5 Å². The molecule has 1 aliphatic rings. The topological polar surface area (TPSA) is 47.7 Å². The molecule has 3 aromatic heterocycles. The summed E-state index contributed by atoms with van der Waals surface area (Å²) in [6, 6.07) is 4.38. The summed E-state index contributed by atoms with van der Waals surface area (Å²) in [5.74, 6) is 0.722. The van der Waals surface area contributed by atoms with Gasteiger partial charge in [-0.1, -0.05) is 0 Å². The largest absolute Gasteiger partial charge is 0.332 e. The first-order valence-electron chi connectivity index (χ1n) is 7.41. The summed E-state index contributed by atoms with van der Waals surface area (Å²) >= 11 is 2.33. The highest BCUT2D eigenvalue weighted by Gasteiger charge is 2.16. The highest BCUT2D eigenvalue weighted by atomic mass is 127. The first kappa shape index (κ1) is 14.6. The zero-order valence-corrected chi connectivity index (χ0v) is 15.2. The second kappa shape index (κ2) is 6.26. The number of hydrogen-bond donors (Lipinski definition) is 1. The van der Waals surface area contributed by atoms with Crippen LogP contribution in [0.2, 0.25) is 0 Å². The van der Waals surface area contributed by atoms with Crippen molar-refractivity contribution in [2.24, 2.45) is 5.92 Å². The highest BCUT2D eigenvalue weighted by Crippen LogP contribution is 2.28. The zero-order valence-electron chi connectivity index (χ0n) is 12.0. The van der Waals surface area contributed by atoms with E-state index in [4.69, 9.17) is 4.98 Å². The van der Waals surface area contributed by atoms with Gasteiger partial charge in [-0.2, -0.15) is 5.10 Å². The third-order valence-corrected chi connectivity index (χ3v) is 6.12. The van der Waals surface area contributed by atoms with Gasteiger partial charge < -0.3 is 9.88 Å². The number of hydrogen-bond acceptors (Lipinski definition) is 3. The predicted octanol–water partition coefficient (Wildman–Crippen LogP) is 3.30. The molecular formula is C15H17IN5P. The van der Waals surface area contributed by atoms with Gasteiger partial charge >= 0.3 is 0 Å². The minimum absolute atomic E-state index is 0.629. The number of rotatable bonds is 4. The first-order chi connectivity index (χ1) is 10.8. The fraction of sp³-hybridized carbons (Fsp3) is 0.333. The molecule has 22 heavy (non-hydrogen) atoms. The Labute approximate surface area is 143 Å². The van der Waals surface area contributed by atoms with Gasteiger partial charge in [0.05, 0.1) is 12.6 Å². The number of pyridine rings is 1. The van der Waals surface area contributed by atoms with E-state index in [1.165, 1.54) is 11.8 Å². The van der Waals surface area contributed by atoms with Gasteiger partial charge in [0.25, 0.3) is 0 Å². The Morgan fingerprint density at radius 2 is 2.32 bits per heavy atom. The number of aromatic nitrogens is 4. The molecule has 2 atom stereocenters. The second-order valence-electron chi connectivity index (χ2n) is 5.72. The van der Waals surface area contributed by atoms with Gasteiger partial charge in [-0.15, -0.1) is 0 Å². The van der Waals surface area contributed by atoms with Crippen molar-refractivity contribution in [2.45, 2.75) is 13.0 Å². The van der Waals surface area contributed by atoms with Crippen LogP contribution in [-0.4, -0.2) is 32.2 Å². The minimum atomic E-state index is 0.629. The molecule has 1 N–H and O–H groups in total. The number of fused-ring (bicyclic) bond motifs is 1.